The van der Waals surface area contributed by atoms with Gasteiger partial charge in [0.05, 0.1) is 5.39 Å². The Hall–Kier alpha value is -2.47. The maximum atomic E-state index is 5.94. The highest BCUT2D eigenvalue weighted by Gasteiger charge is 2.14. The third-order valence-corrected chi connectivity index (χ3v) is 3.65. The van der Waals surface area contributed by atoms with Crippen LogP contribution in [-0.4, -0.2) is 19.5 Å². The van der Waals surface area contributed by atoms with E-state index in [-0.39, 0.29) is 0 Å². The molecule has 1 aromatic carbocycles. The molecule has 0 saturated heterocycles. The van der Waals surface area contributed by atoms with Gasteiger partial charge in [-0.15, -0.1) is 0 Å². The van der Waals surface area contributed by atoms with E-state index in [0.29, 0.717) is 10.8 Å². The number of thiocarbonyl (C=S) groups is 1. The Balaban J connectivity index is 1.99. The summed E-state index contributed by atoms with van der Waals surface area (Å²) in [7, 11) is 0. The summed E-state index contributed by atoms with van der Waals surface area (Å²) in [6.45, 7) is 0.777. The van der Waals surface area contributed by atoms with Crippen molar-refractivity contribution in [2.24, 2.45) is 5.73 Å². The molecule has 0 bridgehead atoms. The van der Waals surface area contributed by atoms with Crippen LogP contribution in [-0.2, 0) is 13.0 Å². The van der Waals surface area contributed by atoms with Gasteiger partial charge in [0, 0.05) is 18.3 Å². The van der Waals surface area contributed by atoms with E-state index in [2.05, 4.69) is 22.1 Å². The fourth-order valence-electron chi connectivity index (χ4n) is 2.40. The second-order valence-electron chi connectivity index (χ2n) is 4.79. The van der Waals surface area contributed by atoms with Crippen molar-refractivity contribution in [3.8, 4) is 0 Å². The fraction of sp³-hybridized carbons (Fsp3) is 0.133. The minimum absolute atomic E-state index is 0.306. The molecule has 3 aromatic rings. The lowest BCUT2D eigenvalue weighted by molar-refractivity contribution is 0.715. The number of nitrogen functional groups attached to an aromatic ring is 1. The number of benzene rings is 1. The van der Waals surface area contributed by atoms with Gasteiger partial charge < -0.3 is 16.0 Å². The van der Waals surface area contributed by atoms with Crippen LogP contribution in [0.3, 0.4) is 0 Å². The molecule has 0 atom stereocenters. The molecule has 21 heavy (non-hydrogen) atoms. The summed E-state index contributed by atoms with van der Waals surface area (Å²) in [5, 5.41) is 0.734. The molecule has 0 spiro atoms. The molecular weight excluding hydrogens is 282 g/mol. The zero-order valence-electron chi connectivity index (χ0n) is 11.4. The Kier molecular flexibility index (Phi) is 3.53. The largest absolute Gasteiger partial charge is 0.389 e. The summed E-state index contributed by atoms with van der Waals surface area (Å²) in [5.41, 5.74) is 14.5. The molecule has 0 aliphatic heterocycles. The standard InChI is InChI=1S/C15H15N5S/c16-13-12-11(14(17)21)8-20(15(12)19-9-18-13)7-6-10-4-2-1-3-5-10/h1-5,8-9H,6-7H2,(H2,17,21)(H2,16,18,19). The second-order valence-corrected chi connectivity index (χ2v) is 5.23. The molecular formula is C15H15N5S. The monoisotopic (exact) mass is 297 g/mol. The summed E-state index contributed by atoms with van der Waals surface area (Å²) in [5.74, 6) is 0.404. The highest BCUT2D eigenvalue weighted by molar-refractivity contribution is 7.80. The number of rotatable bonds is 4. The van der Waals surface area contributed by atoms with Gasteiger partial charge in [-0.05, 0) is 12.0 Å². The van der Waals surface area contributed by atoms with E-state index in [1.165, 1.54) is 11.9 Å². The molecule has 0 radical (unpaired) electrons. The fourth-order valence-corrected chi connectivity index (χ4v) is 2.55. The van der Waals surface area contributed by atoms with Gasteiger partial charge >= 0.3 is 0 Å². The number of aryl methyl sites for hydroxylation is 2. The Labute approximate surface area is 127 Å². The summed E-state index contributed by atoms with van der Waals surface area (Å²) in [6.07, 6.45) is 4.26. The van der Waals surface area contributed by atoms with Crippen molar-refractivity contribution in [1.29, 1.82) is 0 Å². The average molecular weight is 297 g/mol. The van der Waals surface area contributed by atoms with Crippen LogP contribution < -0.4 is 11.5 Å². The Morgan fingerprint density at radius 3 is 2.67 bits per heavy atom. The van der Waals surface area contributed by atoms with Gasteiger partial charge in [0.15, 0.2) is 0 Å². The van der Waals surface area contributed by atoms with E-state index in [9.17, 15) is 0 Å². The maximum Gasteiger partial charge on any atom is 0.146 e. The Morgan fingerprint density at radius 1 is 1.19 bits per heavy atom. The molecule has 6 heteroatoms. The smallest absolute Gasteiger partial charge is 0.146 e. The topological polar surface area (TPSA) is 82.8 Å². The number of anilines is 1. The first kappa shape index (κ1) is 13.5. The predicted molar refractivity (Wildman–Crippen MR) is 88.0 cm³/mol. The molecule has 106 valence electrons. The van der Waals surface area contributed by atoms with Crippen LogP contribution >= 0.6 is 12.2 Å². The summed E-state index contributed by atoms with van der Waals surface area (Å²) in [4.78, 5) is 8.64. The summed E-state index contributed by atoms with van der Waals surface area (Å²) >= 11 is 5.09. The van der Waals surface area contributed by atoms with Crippen LogP contribution in [0.2, 0.25) is 0 Å². The first-order valence-corrected chi connectivity index (χ1v) is 7.00. The van der Waals surface area contributed by atoms with Crippen molar-refractivity contribution in [1.82, 2.24) is 14.5 Å². The zero-order valence-corrected chi connectivity index (χ0v) is 12.2. The molecule has 0 aliphatic rings. The molecule has 5 nitrogen and oxygen atoms in total. The average Bonchev–Trinajstić information content (AvgIpc) is 2.87. The van der Waals surface area contributed by atoms with Crippen molar-refractivity contribution in [3.05, 3.63) is 54.0 Å². The molecule has 0 aliphatic carbocycles. The molecule has 0 amide bonds. The van der Waals surface area contributed by atoms with Gasteiger partial charge in [-0.1, -0.05) is 42.5 Å². The second kappa shape index (κ2) is 5.49. The molecule has 2 aromatic heterocycles. The van der Waals surface area contributed by atoms with Crippen LogP contribution in [0.5, 0.6) is 0 Å². The van der Waals surface area contributed by atoms with Crippen LogP contribution in [0.4, 0.5) is 5.82 Å². The van der Waals surface area contributed by atoms with Gasteiger partial charge in [0.25, 0.3) is 0 Å². The van der Waals surface area contributed by atoms with Crippen molar-refractivity contribution in [2.45, 2.75) is 13.0 Å². The lowest BCUT2D eigenvalue weighted by atomic mass is 10.1. The first-order chi connectivity index (χ1) is 10.2. The molecule has 0 unspecified atom stereocenters. The minimum atomic E-state index is 0.306. The lowest BCUT2D eigenvalue weighted by Gasteiger charge is -2.05. The van der Waals surface area contributed by atoms with E-state index < -0.39 is 0 Å². The molecule has 0 fully saturated rings. The van der Waals surface area contributed by atoms with Crippen LogP contribution in [0, 0.1) is 0 Å². The summed E-state index contributed by atoms with van der Waals surface area (Å²) in [6, 6.07) is 10.3. The number of hydrogen-bond acceptors (Lipinski definition) is 4. The van der Waals surface area contributed by atoms with Crippen LogP contribution in [0.1, 0.15) is 11.1 Å². The number of fused-ring (bicyclic) bond motifs is 1. The molecule has 4 N–H and O–H groups in total. The molecule has 0 saturated carbocycles. The van der Waals surface area contributed by atoms with Crippen LogP contribution in [0.25, 0.3) is 11.0 Å². The predicted octanol–water partition coefficient (Wildman–Crippen LogP) is 1.89. The van der Waals surface area contributed by atoms with Gasteiger partial charge in [0.2, 0.25) is 0 Å². The Morgan fingerprint density at radius 2 is 1.95 bits per heavy atom. The third-order valence-electron chi connectivity index (χ3n) is 3.43. The van der Waals surface area contributed by atoms with Crippen molar-refractivity contribution in [3.63, 3.8) is 0 Å². The maximum absolute atomic E-state index is 5.94. The van der Waals surface area contributed by atoms with E-state index in [1.54, 1.807) is 0 Å². The summed E-state index contributed by atoms with van der Waals surface area (Å²) < 4.78 is 2.02. The van der Waals surface area contributed by atoms with E-state index in [4.69, 9.17) is 23.7 Å². The van der Waals surface area contributed by atoms with E-state index in [0.717, 1.165) is 29.6 Å². The number of hydrogen-bond donors (Lipinski definition) is 2. The first-order valence-electron chi connectivity index (χ1n) is 6.60. The quantitative estimate of drug-likeness (QED) is 0.719. The number of nitrogens with zero attached hydrogens (tertiary/aromatic N) is 3. The number of aromatic nitrogens is 3. The normalized spacial score (nSPS) is 10.9. The van der Waals surface area contributed by atoms with Gasteiger partial charge in [0.1, 0.15) is 22.8 Å². The highest BCUT2D eigenvalue weighted by atomic mass is 32.1. The molecule has 3 rings (SSSR count). The SMILES string of the molecule is NC(=S)c1cn(CCc2ccccc2)c2ncnc(N)c12. The van der Waals surface area contributed by atoms with Gasteiger partial charge in [-0.3, -0.25) is 0 Å². The number of nitrogens with two attached hydrogens (primary N) is 2. The van der Waals surface area contributed by atoms with E-state index >= 15 is 0 Å². The van der Waals surface area contributed by atoms with Crippen molar-refractivity contribution in [2.75, 3.05) is 5.73 Å². The lowest BCUT2D eigenvalue weighted by Crippen LogP contribution is -2.09. The Bertz CT molecular complexity index is 794. The van der Waals surface area contributed by atoms with Crippen LogP contribution in [0.15, 0.2) is 42.9 Å². The van der Waals surface area contributed by atoms with Crippen molar-refractivity contribution < 1.29 is 0 Å². The third kappa shape index (κ3) is 2.57. The molecule has 2 heterocycles. The zero-order chi connectivity index (χ0) is 14.8. The van der Waals surface area contributed by atoms with Gasteiger partial charge in [-0.25, -0.2) is 9.97 Å². The van der Waals surface area contributed by atoms with Crippen molar-refractivity contribution >= 4 is 34.1 Å². The van der Waals surface area contributed by atoms with E-state index in [1.807, 2.05) is 29.0 Å². The highest BCUT2D eigenvalue weighted by Crippen LogP contribution is 2.24. The minimum Gasteiger partial charge on any atom is -0.389 e. The van der Waals surface area contributed by atoms with Gasteiger partial charge in [-0.2, -0.15) is 0 Å².